The second kappa shape index (κ2) is 4.58. The van der Waals surface area contributed by atoms with Gasteiger partial charge in [-0.2, -0.15) is 5.26 Å². The Bertz CT molecular complexity index is 591. The molecule has 2 N–H and O–H groups in total. The molecule has 1 saturated heterocycles. The lowest BCUT2D eigenvalue weighted by molar-refractivity contribution is 0.00578. The van der Waals surface area contributed by atoms with Crippen molar-refractivity contribution in [1.82, 2.24) is 4.98 Å². The summed E-state index contributed by atoms with van der Waals surface area (Å²) in [6.07, 6.45) is 1.44. The zero-order valence-electron chi connectivity index (χ0n) is 11.9. The number of hydrogen-bond donors (Lipinski definition) is 1. The Hall–Kier alpha value is -1.91. The van der Waals surface area contributed by atoms with E-state index in [1.165, 1.54) is 12.3 Å². The van der Waals surface area contributed by atoms with Crippen molar-refractivity contribution in [2.75, 3.05) is 0 Å². The molecule has 1 aromatic rings. The third-order valence-electron chi connectivity index (χ3n) is 3.82. The number of rotatable bonds is 2. The van der Waals surface area contributed by atoms with Gasteiger partial charge in [0.1, 0.15) is 6.07 Å². The summed E-state index contributed by atoms with van der Waals surface area (Å²) >= 11 is 0. The van der Waals surface area contributed by atoms with Crippen molar-refractivity contribution in [2.24, 2.45) is 5.73 Å². The van der Waals surface area contributed by atoms with E-state index in [1.807, 2.05) is 33.8 Å². The molecule has 0 aromatic carbocycles. The number of nitrogens with two attached hydrogens (primary N) is 1. The van der Waals surface area contributed by atoms with Gasteiger partial charge < -0.3 is 15.0 Å². The van der Waals surface area contributed by atoms with Gasteiger partial charge in [-0.15, -0.1) is 0 Å². The lowest BCUT2D eigenvalue weighted by Crippen LogP contribution is -2.42. The highest BCUT2D eigenvalue weighted by atomic mass is 16.7. The Morgan fingerprint density at radius 3 is 2.35 bits per heavy atom. The van der Waals surface area contributed by atoms with Crippen LogP contribution in [0.1, 0.15) is 43.6 Å². The van der Waals surface area contributed by atoms with Crippen molar-refractivity contribution in [2.45, 2.75) is 38.9 Å². The van der Waals surface area contributed by atoms with E-state index in [0.717, 1.165) is 0 Å². The SMILES string of the molecule is CC1(C)OB(c2nccc(C#N)c2C(N)=O)OC1(C)C. The number of amides is 1. The first kappa shape index (κ1) is 14.5. The van der Waals surface area contributed by atoms with E-state index in [9.17, 15) is 4.79 Å². The quantitative estimate of drug-likeness (QED) is 0.784. The number of nitriles is 1. The van der Waals surface area contributed by atoms with Crippen molar-refractivity contribution < 1.29 is 14.1 Å². The highest BCUT2D eigenvalue weighted by Gasteiger charge is 2.53. The van der Waals surface area contributed by atoms with Gasteiger partial charge >= 0.3 is 7.12 Å². The topological polar surface area (TPSA) is 98.2 Å². The Morgan fingerprint density at radius 2 is 1.90 bits per heavy atom. The third-order valence-corrected chi connectivity index (χ3v) is 3.82. The van der Waals surface area contributed by atoms with Crippen LogP contribution in [0.4, 0.5) is 0 Å². The molecule has 7 heteroatoms. The largest absolute Gasteiger partial charge is 0.515 e. The smallest absolute Gasteiger partial charge is 0.398 e. The zero-order valence-corrected chi connectivity index (χ0v) is 11.9. The van der Waals surface area contributed by atoms with Crippen LogP contribution in [0.3, 0.4) is 0 Å². The van der Waals surface area contributed by atoms with E-state index < -0.39 is 24.2 Å². The Kier molecular flexibility index (Phi) is 3.32. The van der Waals surface area contributed by atoms with Gasteiger partial charge in [0.2, 0.25) is 0 Å². The highest BCUT2D eigenvalue weighted by Crippen LogP contribution is 2.36. The minimum absolute atomic E-state index is 0.0495. The van der Waals surface area contributed by atoms with Crippen LogP contribution in [-0.4, -0.2) is 29.2 Å². The van der Waals surface area contributed by atoms with Crippen molar-refractivity contribution >= 4 is 18.6 Å². The minimum Gasteiger partial charge on any atom is -0.398 e. The first-order valence-electron chi connectivity index (χ1n) is 6.24. The second-order valence-electron chi connectivity index (χ2n) is 5.68. The fourth-order valence-corrected chi connectivity index (χ4v) is 1.96. The lowest BCUT2D eigenvalue weighted by atomic mass is 9.79. The summed E-state index contributed by atoms with van der Waals surface area (Å²) in [5.41, 5.74) is 4.69. The van der Waals surface area contributed by atoms with Crippen LogP contribution in [0.5, 0.6) is 0 Å². The van der Waals surface area contributed by atoms with Gasteiger partial charge in [0.25, 0.3) is 5.91 Å². The molecular formula is C13H16BN3O3. The number of carbonyl (C=O) groups is 1. The summed E-state index contributed by atoms with van der Waals surface area (Å²) in [5, 5.41) is 9.07. The van der Waals surface area contributed by atoms with E-state index in [1.54, 1.807) is 0 Å². The van der Waals surface area contributed by atoms with Crippen LogP contribution in [0.2, 0.25) is 0 Å². The second-order valence-corrected chi connectivity index (χ2v) is 5.68. The van der Waals surface area contributed by atoms with Crippen molar-refractivity contribution in [3.8, 4) is 6.07 Å². The van der Waals surface area contributed by atoms with E-state index >= 15 is 0 Å². The molecule has 2 heterocycles. The summed E-state index contributed by atoms with van der Waals surface area (Å²) in [6.45, 7) is 7.58. The predicted octanol–water partition coefficient (Wildman–Crippen LogP) is 0.351. The van der Waals surface area contributed by atoms with Crippen LogP contribution in [-0.2, 0) is 9.31 Å². The van der Waals surface area contributed by atoms with Crippen molar-refractivity contribution in [3.63, 3.8) is 0 Å². The van der Waals surface area contributed by atoms with Crippen molar-refractivity contribution in [1.29, 1.82) is 5.26 Å². The average Bonchev–Trinajstić information content (AvgIpc) is 2.57. The molecule has 0 saturated carbocycles. The molecule has 2 rings (SSSR count). The molecule has 0 atom stereocenters. The molecule has 1 aromatic heterocycles. The molecule has 20 heavy (non-hydrogen) atoms. The summed E-state index contributed by atoms with van der Waals surface area (Å²) in [7, 11) is -0.823. The lowest BCUT2D eigenvalue weighted by Gasteiger charge is -2.32. The van der Waals surface area contributed by atoms with Crippen LogP contribution in [0.15, 0.2) is 12.3 Å². The third kappa shape index (κ3) is 2.17. The van der Waals surface area contributed by atoms with Crippen molar-refractivity contribution in [3.05, 3.63) is 23.4 Å². The number of nitrogens with zero attached hydrogens (tertiary/aromatic N) is 2. The van der Waals surface area contributed by atoms with Gasteiger partial charge in [0.05, 0.1) is 27.9 Å². The normalized spacial score (nSPS) is 19.6. The zero-order chi connectivity index (χ0) is 15.1. The summed E-state index contributed by atoms with van der Waals surface area (Å²) in [4.78, 5) is 15.7. The average molecular weight is 273 g/mol. The van der Waals surface area contributed by atoms with E-state index in [-0.39, 0.29) is 16.7 Å². The minimum atomic E-state index is -0.823. The number of primary amides is 1. The molecule has 0 spiro atoms. The summed E-state index contributed by atoms with van der Waals surface area (Å²) in [6, 6.07) is 3.37. The molecule has 1 fully saturated rings. The van der Waals surface area contributed by atoms with Gasteiger partial charge in [0, 0.05) is 6.20 Å². The Labute approximate surface area is 118 Å². The van der Waals surface area contributed by atoms with Gasteiger partial charge in [-0.1, -0.05) is 0 Å². The number of carbonyl (C=O) groups excluding carboxylic acids is 1. The summed E-state index contributed by atoms with van der Waals surface area (Å²) < 4.78 is 11.7. The van der Waals surface area contributed by atoms with E-state index in [2.05, 4.69) is 4.98 Å². The molecule has 0 radical (unpaired) electrons. The molecule has 0 unspecified atom stereocenters. The van der Waals surface area contributed by atoms with Crippen LogP contribution in [0, 0.1) is 11.3 Å². The standard InChI is InChI=1S/C13H16BN3O3/c1-12(2)13(3,4)20-14(19-12)10-9(11(16)18)8(7-15)5-6-17-10/h5-6H,1-4H3,(H2,16,18). The fourth-order valence-electron chi connectivity index (χ4n) is 1.96. The fraction of sp³-hybridized carbons (Fsp3) is 0.462. The molecule has 6 nitrogen and oxygen atoms in total. The van der Waals surface area contributed by atoms with Gasteiger partial charge in [-0.25, -0.2) is 0 Å². The maximum Gasteiger partial charge on any atom is 0.515 e. The number of pyridine rings is 1. The highest BCUT2D eigenvalue weighted by molar-refractivity contribution is 6.62. The molecule has 104 valence electrons. The molecule has 0 aliphatic carbocycles. The number of aromatic nitrogens is 1. The molecular weight excluding hydrogens is 257 g/mol. The molecule has 1 amide bonds. The summed E-state index contributed by atoms with van der Waals surface area (Å²) in [5.74, 6) is -0.723. The monoisotopic (exact) mass is 273 g/mol. The van der Waals surface area contributed by atoms with Crippen LogP contribution in [0.25, 0.3) is 0 Å². The van der Waals surface area contributed by atoms with Gasteiger partial charge in [-0.05, 0) is 33.8 Å². The van der Waals surface area contributed by atoms with Crippen LogP contribution < -0.4 is 11.3 Å². The molecule has 0 bridgehead atoms. The number of hydrogen-bond acceptors (Lipinski definition) is 5. The molecule has 1 aliphatic heterocycles. The Morgan fingerprint density at radius 1 is 1.35 bits per heavy atom. The van der Waals surface area contributed by atoms with Gasteiger partial charge in [0.15, 0.2) is 0 Å². The first-order chi connectivity index (χ1) is 9.19. The Balaban J connectivity index is 2.51. The van der Waals surface area contributed by atoms with Crippen LogP contribution >= 0.6 is 0 Å². The predicted molar refractivity (Wildman–Crippen MR) is 73.2 cm³/mol. The first-order valence-corrected chi connectivity index (χ1v) is 6.24. The maximum absolute atomic E-state index is 11.6. The van der Waals surface area contributed by atoms with E-state index in [0.29, 0.717) is 0 Å². The van der Waals surface area contributed by atoms with Gasteiger partial charge in [-0.3, -0.25) is 9.78 Å². The maximum atomic E-state index is 11.6. The molecule has 1 aliphatic rings. The van der Waals surface area contributed by atoms with E-state index in [4.69, 9.17) is 20.3 Å².